The van der Waals surface area contributed by atoms with Gasteiger partial charge in [0, 0.05) is 24.5 Å². The molecule has 35 heavy (non-hydrogen) atoms. The number of alkyl carbamates (subject to hydrolysis) is 1. The van der Waals surface area contributed by atoms with Gasteiger partial charge in [0.05, 0.1) is 12.3 Å². The van der Waals surface area contributed by atoms with Crippen LogP contribution in [0.25, 0.3) is 11.1 Å². The van der Waals surface area contributed by atoms with Crippen LogP contribution in [-0.2, 0) is 14.3 Å². The Labute approximate surface area is 205 Å². The highest BCUT2D eigenvalue weighted by Gasteiger charge is 2.39. The minimum Gasteiger partial charge on any atom is -0.481 e. The van der Waals surface area contributed by atoms with Crippen molar-refractivity contribution in [3.63, 3.8) is 0 Å². The predicted octanol–water partition coefficient (Wildman–Crippen LogP) is 4.55. The smallest absolute Gasteiger partial charge is 0.407 e. The number of carbonyl (C=O) groups is 3. The number of nitrogens with zero attached hydrogens (tertiary/aromatic N) is 1. The van der Waals surface area contributed by atoms with E-state index in [2.05, 4.69) is 29.6 Å². The Morgan fingerprint density at radius 3 is 2.26 bits per heavy atom. The highest BCUT2D eigenvalue weighted by atomic mass is 16.5. The van der Waals surface area contributed by atoms with Crippen molar-refractivity contribution in [2.24, 2.45) is 5.92 Å². The maximum absolute atomic E-state index is 13.4. The van der Waals surface area contributed by atoms with Crippen molar-refractivity contribution in [2.75, 3.05) is 13.2 Å². The number of aliphatic carboxylic acids is 1. The summed E-state index contributed by atoms with van der Waals surface area (Å²) in [5, 5.41) is 12.2. The number of ether oxygens (including phenoxy) is 1. The molecular weight excluding hydrogens is 444 g/mol. The van der Waals surface area contributed by atoms with E-state index in [4.69, 9.17) is 4.74 Å². The number of fused-ring (bicyclic) bond motifs is 3. The molecule has 7 nitrogen and oxygen atoms in total. The zero-order valence-corrected chi connectivity index (χ0v) is 19.8. The number of carboxylic acid groups (broad SMARTS) is 1. The van der Waals surface area contributed by atoms with Crippen LogP contribution >= 0.6 is 0 Å². The second-order valence-electron chi connectivity index (χ2n) is 9.89. The van der Waals surface area contributed by atoms with Gasteiger partial charge in [-0.1, -0.05) is 61.4 Å². The van der Waals surface area contributed by atoms with Crippen LogP contribution in [0, 0.1) is 5.92 Å². The zero-order chi connectivity index (χ0) is 24.4. The number of likely N-dealkylation sites (tertiary alicyclic amines) is 1. The van der Waals surface area contributed by atoms with E-state index in [1.165, 1.54) is 11.1 Å². The maximum atomic E-state index is 13.4. The summed E-state index contributed by atoms with van der Waals surface area (Å²) >= 11 is 0. The number of carboxylic acids is 1. The summed E-state index contributed by atoms with van der Waals surface area (Å²) in [6.45, 7) is 0.822. The number of rotatable bonds is 6. The maximum Gasteiger partial charge on any atom is 0.407 e. The molecule has 184 valence electrons. The Morgan fingerprint density at radius 1 is 0.914 bits per heavy atom. The van der Waals surface area contributed by atoms with Crippen molar-refractivity contribution in [2.45, 2.75) is 62.9 Å². The van der Waals surface area contributed by atoms with Gasteiger partial charge < -0.3 is 20.1 Å². The largest absolute Gasteiger partial charge is 0.481 e. The third-order valence-electron chi connectivity index (χ3n) is 7.80. The van der Waals surface area contributed by atoms with Crippen molar-refractivity contribution in [1.82, 2.24) is 10.2 Å². The monoisotopic (exact) mass is 476 g/mol. The van der Waals surface area contributed by atoms with Gasteiger partial charge in [0.2, 0.25) is 5.91 Å². The number of carbonyl (C=O) groups excluding carboxylic acids is 2. The average molecular weight is 477 g/mol. The Balaban J connectivity index is 1.23. The van der Waals surface area contributed by atoms with Crippen LogP contribution in [0.5, 0.6) is 0 Å². The molecule has 7 heteroatoms. The molecule has 2 fully saturated rings. The van der Waals surface area contributed by atoms with Gasteiger partial charge in [-0.3, -0.25) is 9.59 Å². The SMILES string of the molecule is O=C(O)CC1CCCN1C(=O)[C@@H]1CCCC[C@@H]1NC(=O)OCC1c2ccccc2-c2ccccc21. The number of hydrogen-bond acceptors (Lipinski definition) is 4. The van der Waals surface area contributed by atoms with Gasteiger partial charge in [-0.2, -0.15) is 0 Å². The summed E-state index contributed by atoms with van der Waals surface area (Å²) in [7, 11) is 0. The predicted molar refractivity (Wildman–Crippen MR) is 131 cm³/mol. The van der Waals surface area contributed by atoms with Gasteiger partial charge in [-0.05, 0) is 47.9 Å². The molecule has 0 aromatic heterocycles. The van der Waals surface area contributed by atoms with Crippen LogP contribution in [0.4, 0.5) is 4.79 Å². The van der Waals surface area contributed by atoms with Crippen LogP contribution in [0.3, 0.4) is 0 Å². The second kappa shape index (κ2) is 10.1. The Kier molecular flexibility index (Phi) is 6.75. The lowest BCUT2D eigenvalue weighted by molar-refractivity contribution is -0.142. The van der Waals surface area contributed by atoms with E-state index in [-0.39, 0.29) is 42.9 Å². The van der Waals surface area contributed by atoms with Crippen LogP contribution in [-0.4, -0.2) is 53.2 Å². The number of amides is 2. The van der Waals surface area contributed by atoms with Gasteiger partial charge in [-0.25, -0.2) is 4.79 Å². The molecule has 0 radical (unpaired) electrons. The molecule has 1 heterocycles. The van der Waals surface area contributed by atoms with E-state index < -0.39 is 12.1 Å². The van der Waals surface area contributed by atoms with E-state index in [0.717, 1.165) is 43.2 Å². The molecule has 2 aliphatic carbocycles. The van der Waals surface area contributed by atoms with Gasteiger partial charge >= 0.3 is 12.1 Å². The molecule has 2 aromatic rings. The fraction of sp³-hybridized carbons (Fsp3) is 0.464. The Hall–Kier alpha value is -3.35. The summed E-state index contributed by atoms with van der Waals surface area (Å²) in [5.41, 5.74) is 4.67. The van der Waals surface area contributed by atoms with E-state index in [1.54, 1.807) is 4.90 Å². The van der Waals surface area contributed by atoms with Crippen LogP contribution in [0.15, 0.2) is 48.5 Å². The fourth-order valence-corrected chi connectivity index (χ4v) is 6.14. The minimum atomic E-state index is -0.883. The number of benzene rings is 2. The van der Waals surface area contributed by atoms with Gasteiger partial charge in [0.25, 0.3) is 0 Å². The third kappa shape index (κ3) is 4.77. The van der Waals surface area contributed by atoms with E-state index in [0.29, 0.717) is 13.0 Å². The summed E-state index contributed by atoms with van der Waals surface area (Å²) < 4.78 is 5.72. The van der Waals surface area contributed by atoms with Gasteiger partial charge in [0.15, 0.2) is 0 Å². The molecule has 1 unspecified atom stereocenters. The zero-order valence-electron chi connectivity index (χ0n) is 19.8. The highest BCUT2D eigenvalue weighted by molar-refractivity contribution is 5.82. The molecule has 1 saturated carbocycles. The number of nitrogens with one attached hydrogen (secondary N) is 1. The van der Waals surface area contributed by atoms with Crippen molar-refractivity contribution in [3.05, 3.63) is 59.7 Å². The highest BCUT2D eigenvalue weighted by Crippen LogP contribution is 2.44. The van der Waals surface area contributed by atoms with Crippen molar-refractivity contribution >= 4 is 18.0 Å². The molecule has 2 N–H and O–H groups in total. The first-order valence-corrected chi connectivity index (χ1v) is 12.7. The third-order valence-corrected chi connectivity index (χ3v) is 7.80. The molecule has 1 saturated heterocycles. The molecule has 3 aliphatic rings. The van der Waals surface area contributed by atoms with Crippen LogP contribution in [0.2, 0.25) is 0 Å². The second-order valence-corrected chi connectivity index (χ2v) is 9.89. The standard InChI is InChI=1S/C28H32N2O5/c31-26(32)16-18-8-7-15-30(18)27(33)23-13-5-6-14-25(23)29-28(34)35-17-24-21-11-3-1-9-19(21)20-10-2-4-12-22(20)24/h1-4,9-12,18,23-25H,5-8,13-17H2,(H,29,34)(H,31,32)/t18?,23-,25+/m1/s1. The minimum absolute atomic E-state index is 0.0155. The van der Waals surface area contributed by atoms with Gasteiger partial charge in [0.1, 0.15) is 6.61 Å². The van der Waals surface area contributed by atoms with E-state index in [9.17, 15) is 19.5 Å². The van der Waals surface area contributed by atoms with Crippen molar-refractivity contribution < 1.29 is 24.2 Å². The summed E-state index contributed by atoms with van der Waals surface area (Å²) in [6.07, 6.45) is 4.30. The van der Waals surface area contributed by atoms with Crippen LogP contribution in [0.1, 0.15) is 62.0 Å². The molecule has 0 bridgehead atoms. The molecule has 1 aliphatic heterocycles. The van der Waals surface area contributed by atoms with E-state index in [1.807, 2.05) is 24.3 Å². The lowest BCUT2D eigenvalue weighted by Gasteiger charge is -2.35. The molecule has 5 rings (SSSR count). The molecule has 3 atom stereocenters. The quantitative estimate of drug-likeness (QED) is 0.638. The summed E-state index contributed by atoms with van der Waals surface area (Å²) in [6, 6.07) is 15.9. The lowest BCUT2D eigenvalue weighted by Crippen LogP contribution is -2.51. The first kappa shape index (κ1) is 23.4. The normalized spacial score (nSPS) is 23.4. The molecule has 2 aromatic carbocycles. The summed E-state index contributed by atoms with van der Waals surface area (Å²) in [5.74, 6) is -1.26. The van der Waals surface area contributed by atoms with Gasteiger partial charge in [-0.15, -0.1) is 0 Å². The Bertz CT molecular complexity index is 1070. The first-order valence-electron chi connectivity index (χ1n) is 12.7. The summed E-state index contributed by atoms with van der Waals surface area (Å²) in [4.78, 5) is 39.2. The molecular formula is C28H32N2O5. The lowest BCUT2D eigenvalue weighted by atomic mass is 9.83. The van der Waals surface area contributed by atoms with Crippen molar-refractivity contribution in [3.8, 4) is 11.1 Å². The van der Waals surface area contributed by atoms with Crippen molar-refractivity contribution in [1.29, 1.82) is 0 Å². The molecule has 0 spiro atoms. The van der Waals surface area contributed by atoms with Crippen LogP contribution < -0.4 is 5.32 Å². The Morgan fingerprint density at radius 2 is 1.57 bits per heavy atom. The average Bonchev–Trinajstić information content (AvgIpc) is 3.44. The first-order chi connectivity index (χ1) is 17.0. The fourth-order valence-electron chi connectivity index (χ4n) is 6.14. The topological polar surface area (TPSA) is 95.9 Å². The molecule has 2 amide bonds. The van der Waals surface area contributed by atoms with E-state index >= 15 is 0 Å². The number of hydrogen-bond donors (Lipinski definition) is 2.